The predicted octanol–water partition coefficient (Wildman–Crippen LogP) is 3.52. The fourth-order valence-corrected chi connectivity index (χ4v) is 3.00. The number of carbonyl (C=O) groups is 1. The van der Waals surface area contributed by atoms with Crippen LogP contribution in [0, 0.1) is 16.7 Å². The van der Waals surface area contributed by atoms with Crippen LogP contribution < -0.4 is 5.32 Å². The molecule has 1 heterocycles. The van der Waals surface area contributed by atoms with Crippen LogP contribution in [0.5, 0.6) is 0 Å². The fraction of sp³-hybridized carbons (Fsp3) is 0.600. The highest BCUT2D eigenvalue weighted by Crippen LogP contribution is 2.29. The normalized spacial score (nSPS) is 11.0. The average molecular weight is 278 g/mol. The van der Waals surface area contributed by atoms with E-state index < -0.39 is 5.41 Å². The third-order valence-corrected chi connectivity index (χ3v) is 4.18. The summed E-state index contributed by atoms with van der Waals surface area (Å²) in [7, 11) is 0. The smallest absolute Gasteiger partial charge is 0.240 e. The lowest BCUT2D eigenvalue weighted by Crippen LogP contribution is -2.40. The molecule has 0 fully saturated rings. The maximum atomic E-state index is 12.3. The van der Waals surface area contributed by atoms with E-state index >= 15 is 0 Å². The van der Waals surface area contributed by atoms with Crippen molar-refractivity contribution in [3.8, 4) is 6.07 Å². The van der Waals surface area contributed by atoms with Gasteiger partial charge in [-0.15, -0.1) is 11.3 Å². The zero-order valence-corrected chi connectivity index (χ0v) is 12.6. The maximum absolute atomic E-state index is 12.3. The fourth-order valence-electron chi connectivity index (χ4n) is 2.29. The Morgan fingerprint density at radius 1 is 1.42 bits per heavy atom. The zero-order valence-electron chi connectivity index (χ0n) is 11.7. The van der Waals surface area contributed by atoms with Gasteiger partial charge in [-0.1, -0.05) is 32.8 Å². The van der Waals surface area contributed by atoms with Crippen molar-refractivity contribution in [3.63, 3.8) is 0 Å². The molecule has 104 valence electrons. The van der Waals surface area contributed by atoms with Gasteiger partial charge in [0.1, 0.15) is 5.41 Å². The largest absolute Gasteiger partial charge is 0.354 e. The molecule has 3 nitrogen and oxygen atoms in total. The molecule has 1 N–H and O–H groups in total. The molecule has 0 unspecified atom stereocenters. The highest BCUT2D eigenvalue weighted by molar-refractivity contribution is 7.09. The van der Waals surface area contributed by atoms with Gasteiger partial charge in [-0.2, -0.15) is 5.26 Å². The Morgan fingerprint density at radius 3 is 2.58 bits per heavy atom. The topological polar surface area (TPSA) is 52.9 Å². The van der Waals surface area contributed by atoms with Crippen molar-refractivity contribution in [1.82, 2.24) is 5.32 Å². The lowest BCUT2D eigenvalue weighted by Gasteiger charge is -2.24. The molecule has 1 aromatic rings. The van der Waals surface area contributed by atoms with Crippen molar-refractivity contribution in [2.75, 3.05) is 6.54 Å². The van der Waals surface area contributed by atoms with Crippen LogP contribution in [-0.4, -0.2) is 12.5 Å². The van der Waals surface area contributed by atoms with Crippen LogP contribution in [0.3, 0.4) is 0 Å². The monoisotopic (exact) mass is 278 g/mol. The van der Waals surface area contributed by atoms with E-state index in [4.69, 9.17) is 0 Å². The van der Waals surface area contributed by atoms with E-state index in [0.717, 1.165) is 19.3 Å². The van der Waals surface area contributed by atoms with Crippen molar-refractivity contribution >= 4 is 17.2 Å². The summed E-state index contributed by atoms with van der Waals surface area (Å²) >= 11 is 1.69. The number of carbonyl (C=O) groups excluding carboxylic acids is 1. The summed E-state index contributed by atoms with van der Waals surface area (Å²) < 4.78 is 0. The SMILES string of the molecule is CCCC(C#N)(CCC)C(=O)NCCc1cccs1. The first-order valence-corrected chi connectivity index (χ1v) is 7.78. The first-order chi connectivity index (χ1) is 9.18. The summed E-state index contributed by atoms with van der Waals surface area (Å²) in [6, 6.07) is 6.32. The molecule has 1 aromatic heterocycles. The Bertz CT molecular complexity index is 414. The van der Waals surface area contributed by atoms with E-state index in [1.54, 1.807) is 11.3 Å². The Morgan fingerprint density at radius 2 is 2.11 bits per heavy atom. The molecule has 0 radical (unpaired) electrons. The first kappa shape index (κ1) is 15.7. The number of rotatable bonds is 8. The number of nitriles is 1. The van der Waals surface area contributed by atoms with Crippen molar-refractivity contribution in [2.24, 2.45) is 5.41 Å². The van der Waals surface area contributed by atoms with Gasteiger partial charge >= 0.3 is 0 Å². The Balaban J connectivity index is 2.54. The Hall–Kier alpha value is -1.34. The van der Waals surface area contributed by atoms with Crippen LogP contribution in [0.1, 0.15) is 44.4 Å². The molecule has 19 heavy (non-hydrogen) atoms. The molecule has 1 rings (SSSR count). The summed E-state index contributed by atoms with van der Waals surface area (Å²) in [6.07, 6.45) is 3.82. The van der Waals surface area contributed by atoms with Crippen molar-refractivity contribution < 1.29 is 4.79 Å². The van der Waals surface area contributed by atoms with Crippen molar-refractivity contribution in [2.45, 2.75) is 46.0 Å². The van der Waals surface area contributed by atoms with E-state index in [-0.39, 0.29) is 5.91 Å². The molecule has 0 aliphatic heterocycles. The molecule has 0 saturated carbocycles. The summed E-state index contributed by atoms with van der Waals surface area (Å²) in [5.74, 6) is -0.102. The number of amides is 1. The molecule has 0 spiro atoms. The van der Waals surface area contributed by atoms with Crippen LogP contribution in [0.25, 0.3) is 0 Å². The quantitative estimate of drug-likeness (QED) is 0.791. The molecule has 4 heteroatoms. The molecule has 1 amide bonds. The lowest BCUT2D eigenvalue weighted by molar-refractivity contribution is -0.128. The van der Waals surface area contributed by atoms with Crippen LogP contribution in [0.15, 0.2) is 17.5 Å². The summed E-state index contributed by atoms with van der Waals surface area (Å²) in [4.78, 5) is 13.5. The molecule has 0 atom stereocenters. The molecule has 0 saturated heterocycles. The van der Waals surface area contributed by atoms with Gasteiger partial charge in [-0.25, -0.2) is 0 Å². The first-order valence-electron chi connectivity index (χ1n) is 6.90. The molecular formula is C15H22N2OS. The molecule has 0 aliphatic rings. The standard InChI is InChI=1S/C15H22N2OS/c1-3-8-15(12-16,9-4-2)14(18)17-10-7-13-6-5-11-19-13/h5-6,11H,3-4,7-10H2,1-2H3,(H,17,18). The minimum Gasteiger partial charge on any atom is -0.354 e. The van der Waals surface area contributed by atoms with E-state index in [0.29, 0.717) is 19.4 Å². The number of nitrogens with zero attached hydrogens (tertiary/aromatic N) is 1. The molecule has 0 bridgehead atoms. The summed E-state index contributed by atoms with van der Waals surface area (Å²) in [6.45, 7) is 4.64. The van der Waals surface area contributed by atoms with Gasteiger partial charge in [0.05, 0.1) is 6.07 Å². The Kier molecular flexibility index (Phi) is 6.58. The van der Waals surface area contributed by atoms with Crippen LogP contribution in [0.4, 0.5) is 0 Å². The van der Waals surface area contributed by atoms with E-state index in [1.807, 2.05) is 25.3 Å². The van der Waals surface area contributed by atoms with Gasteiger partial charge in [0, 0.05) is 11.4 Å². The van der Waals surface area contributed by atoms with Crippen molar-refractivity contribution in [1.29, 1.82) is 5.26 Å². The highest BCUT2D eigenvalue weighted by atomic mass is 32.1. The molecule has 0 aliphatic carbocycles. The van der Waals surface area contributed by atoms with Gasteiger partial charge in [-0.3, -0.25) is 4.79 Å². The van der Waals surface area contributed by atoms with E-state index in [9.17, 15) is 10.1 Å². The average Bonchev–Trinajstić information content (AvgIpc) is 2.91. The van der Waals surface area contributed by atoms with Crippen LogP contribution in [-0.2, 0) is 11.2 Å². The van der Waals surface area contributed by atoms with Gasteiger partial charge in [0.2, 0.25) is 5.91 Å². The number of thiophene rings is 1. The van der Waals surface area contributed by atoms with Crippen LogP contribution >= 0.6 is 11.3 Å². The van der Waals surface area contributed by atoms with Crippen LogP contribution in [0.2, 0.25) is 0 Å². The third kappa shape index (κ3) is 4.36. The molecular weight excluding hydrogens is 256 g/mol. The van der Waals surface area contributed by atoms with Gasteiger partial charge < -0.3 is 5.32 Å². The molecule has 0 aromatic carbocycles. The minimum atomic E-state index is -0.834. The van der Waals surface area contributed by atoms with E-state index in [1.165, 1.54) is 4.88 Å². The zero-order chi connectivity index (χ0) is 14.1. The number of hydrogen-bond acceptors (Lipinski definition) is 3. The lowest BCUT2D eigenvalue weighted by atomic mass is 9.80. The Labute approximate surface area is 119 Å². The second-order valence-corrected chi connectivity index (χ2v) is 5.81. The number of nitrogens with one attached hydrogen (secondary N) is 1. The summed E-state index contributed by atoms with van der Waals surface area (Å²) in [5.41, 5.74) is -0.834. The number of hydrogen-bond donors (Lipinski definition) is 1. The minimum absolute atomic E-state index is 0.102. The summed E-state index contributed by atoms with van der Waals surface area (Å²) in [5, 5.41) is 14.3. The van der Waals surface area contributed by atoms with E-state index in [2.05, 4.69) is 17.5 Å². The van der Waals surface area contributed by atoms with Gasteiger partial charge in [-0.05, 0) is 30.7 Å². The second kappa shape index (κ2) is 7.96. The predicted molar refractivity (Wildman–Crippen MR) is 78.9 cm³/mol. The second-order valence-electron chi connectivity index (χ2n) is 4.78. The van der Waals surface area contributed by atoms with Gasteiger partial charge in [0.25, 0.3) is 0 Å². The third-order valence-electron chi connectivity index (χ3n) is 3.24. The maximum Gasteiger partial charge on any atom is 0.240 e. The highest BCUT2D eigenvalue weighted by Gasteiger charge is 2.36. The van der Waals surface area contributed by atoms with Gasteiger partial charge in [0.15, 0.2) is 0 Å². The van der Waals surface area contributed by atoms with Crippen molar-refractivity contribution in [3.05, 3.63) is 22.4 Å².